The zero-order valence-corrected chi connectivity index (χ0v) is 15.0. The van der Waals surface area contributed by atoms with E-state index in [9.17, 15) is 0 Å². The van der Waals surface area contributed by atoms with Gasteiger partial charge in [-0.25, -0.2) is 0 Å². The number of hydrogen-bond acceptors (Lipinski definition) is 1. The van der Waals surface area contributed by atoms with Crippen LogP contribution in [0.25, 0.3) is 0 Å². The van der Waals surface area contributed by atoms with Crippen LogP contribution in [-0.2, 0) is 0 Å². The molecule has 21 heavy (non-hydrogen) atoms. The molecule has 1 atom stereocenters. The molecule has 0 saturated heterocycles. The molecule has 0 spiro atoms. The van der Waals surface area contributed by atoms with Crippen molar-refractivity contribution in [1.82, 2.24) is 0 Å². The van der Waals surface area contributed by atoms with E-state index in [4.69, 9.17) is 4.74 Å². The molecule has 0 amide bonds. The van der Waals surface area contributed by atoms with Crippen molar-refractivity contribution in [3.05, 3.63) is 63.7 Å². The lowest BCUT2D eigenvalue weighted by Gasteiger charge is -2.20. The van der Waals surface area contributed by atoms with Crippen LogP contribution in [0.3, 0.4) is 0 Å². The molecule has 0 aromatic heterocycles. The number of alkyl halides is 1. The Labute approximate surface area is 136 Å². The first kappa shape index (κ1) is 16.1. The monoisotopic (exact) mass is 346 g/mol. The highest BCUT2D eigenvalue weighted by molar-refractivity contribution is 9.09. The molecule has 1 nitrogen and oxygen atoms in total. The van der Waals surface area contributed by atoms with Gasteiger partial charge < -0.3 is 4.74 Å². The van der Waals surface area contributed by atoms with E-state index in [0.29, 0.717) is 6.61 Å². The van der Waals surface area contributed by atoms with Crippen LogP contribution in [0.2, 0.25) is 0 Å². The van der Waals surface area contributed by atoms with Crippen LogP contribution >= 0.6 is 15.9 Å². The summed E-state index contributed by atoms with van der Waals surface area (Å²) in [6.07, 6.45) is 0. The molecule has 2 aromatic carbocycles. The minimum atomic E-state index is 0.215. The summed E-state index contributed by atoms with van der Waals surface area (Å²) in [5.74, 6) is 0.926. The fourth-order valence-corrected chi connectivity index (χ4v) is 3.69. The number of rotatable bonds is 4. The number of halogens is 1. The molecule has 0 radical (unpaired) electrons. The maximum absolute atomic E-state index is 5.52. The summed E-state index contributed by atoms with van der Waals surface area (Å²) < 4.78 is 5.52. The molecular formula is C19H23BrO. The summed E-state index contributed by atoms with van der Waals surface area (Å²) in [4.78, 5) is 0.215. The lowest BCUT2D eigenvalue weighted by atomic mass is 9.90. The summed E-state index contributed by atoms with van der Waals surface area (Å²) in [5.41, 5.74) is 8.08. The Balaban J connectivity index is 2.42. The van der Waals surface area contributed by atoms with Gasteiger partial charge in [-0.1, -0.05) is 34.1 Å². The van der Waals surface area contributed by atoms with E-state index in [-0.39, 0.29) is 4.83 Å². The van der Waals surface area contributed by atoms with Crippen molar-refractivity contribution >= 4 is 15.9 Å². The Hall–Kier alpha value is -1.28. The van der Waals surface area contributed by atoms with Crippen molar-refractivity contribution in [3.8, 4) is 5.75 Å². The first-order chi connectivity index (χ1) is 9.95. The van der Waals surface area contributed by atoms with Crippen LogP contribution in [0.15, 0.2) is 30.3 Å². The van der Waals surface area contributed by atoms with E-state index in [1.54, 1.807) is 0 Å². The molecule has 1 unspecified atom stereocenters. The van der Waals surface area contributed by atoms with Crippen molar-refractivity contribution in [2.45, 2.75) is 39.4 Å². The third-order valence-corrected chi connectivity index (χ3v) is 5.15. The lowest BCUT2D eigenvalue weighted by Crippen LogP contribution is -2.03. The summed E-state index contributed by atoms with van der Waals surface area (Å²) in [6.45, 7) is 11.5. The van der Waals surface area contributed by atoms with Gasteiger partial charge in [-0.15, -0.1) is 0 Å². The van der Waals surface area contributed by atoms with Crippen LogP contribution in [0, 0.1) is 27.7 Å². The topological polar surface area (TPSA) is 9.23 Å². The highest BCUT2D eigenvalue weighted by Gasteiger charge is 2.18. The maximum atomic E-state index is 5.52. The summed E-state index contributed by atoms with van der Waals surface area (Å²) >= 11 is 3.89. The van der Waals surface area contributed by atoms with Gasteiger partial charge in [-0.05, 0) is 80.1 Å². The molecule has 0 saturated carbocycles. The van der Waals surface area contributed by atoms with Crippen molar-refractivity contribution < 1.29 is 4.74 Å². The van der Waals surface area contributed by atoms with Crippen LogP contribution < -0.4 is 4.74 Å². The molecule has 2 heteroatoms. The van der Waals surface area contributed by atoms with Gasteiger partial charge in [0.25, 0.3) is 0 Å². The molecule has 2 aromatic rings. The third-order valence-electron chi connectivity index (χ3n) is 4.16. The molecule has 0 aliphatic rings. The highest BCUT2D eigenvalue weighted by atomic mass is 79.9. The first-order valence-electron chi connectivity index (χ1n) is 7.39. The second-order valence-corrected chi connectivity index (χ2v) is 6.45. The SMILES string of the molecule is CCOc1ccc(C(Br)c2c(C)c(C)cc(C)c2C)cc1. The Morgan fingerprint density at radius 1 is 0.952 bits per heavy atom. The molecule has 2 rings (SSSR count). The van der Waals surface area contributed by atoms with Crippen molar-refractivity contribution in [2.75, 3.05) is 6.61 Å². The first-order valence-corrected chi connectivity index (χ1v) is 8.31. The van der Waals surface area contributed by atoms with Crippen molar-refractivity contribution in [2.24, 2.45) is 0 Å². The average molecular weight is 347 g/mol. The van der Waals surface area contributed by atoms with Crippen LogP contribution in [0.5, 0.6) is 5.75 Å². The second-order valence-electron chi connectivity index (χ2n) is 5.54. The Morgan fingerprint density at radius 3 is 1.95 bits per heavy atom. The molecule has 0 fully saturated rings. The highest BCUT2D eigenvalue weighted by Crippen LogP contribution is 2.37. The number of benzene rings is 2. The van der Waals surface area contributed by atoms with Gasteiger partial charge in [0.2, 0.25) is 0 Å². The molecule has 112 valence electrons. The van der Waals surface area contributed by atoms with Crippen LogP contribution in [0.1, 0.15) is 45.1 Å². The van der Waals surface area contributed by atoms with Gasteiger partial charge in [-0.3, -0.25) is 0 Å². The quantitative estimate of drug-likeness (QED) is 0.635. The fourth-order valence-electron chi connectivity index (χ4n) is 2.69. The van der Waals surface area contributed by atoms with E-state index in [1.807, 2.05) is 19.1 Å². The van der Waals surface area contributed by atoms with E-state index in [1.165, 1.54) is 33.4 Å². The van der Waals surface area contributed by atoms with Crippen LogP contribution in [0.4, 0.5) is 0 Å². The van der Waals surface area contributed by atoms with E-state index < -0.39 is 0 Å². The Morgan fingerprint density at radius 2 is 1.48 bits per heavy atom. The van der Waals surface area contributed by atoms with Gasteiger partial charge in [0.15, 0.2) is 0 Å². The van der Waals surface area contributed by atoms with Gasteiger partial charge in [0, 0.05) is 0 Å². The number of hydrogen-bond donors (Lipinski definition) is 0. The van der Waals surface area contributed by atoms with Gasteiger partial charge >= 0.3 is 0 Å². The predicted molar refractivity (Wildman–Crippen MR) is 93.8 cm³/mol. The molecule has 0 N–H and O–H groups in total. The molecule has 0 aliphatic heterocycles. The molecule has 0 heterocycles. The van der Waals surface area contributed by atoms with E-state index in [2.05, 4.69) is 61.8 Å². The third kappa shape index (κ3) is 3.32. The minimum absolute atomic E-state index is 0.215. The summed E-state index contributed by atoms with van der Waals surface area (Å²) in [7, 11) is 0. The van der Waals surface area contributed by atoms with Gasteiger partial charge in [0.05, 0.1) is 11.4 Å². The zero-order valence-electron chi connectivity index (χ0n) is 13.5. The average Bonchev–Trinajstić information content (AvgIpc) is 2.46. The second kappa shape index (κ2) is 6.65. The summed E-state index contributed by atoms with van der Waals surface area (Å²) in [5, 5.41) is 0. The van der Waals surface area contributed by atoms with Crippen molar-refractivity contribution in [3.63, 3.8) is 0 Å². The fraction of sp³-hybridized carbons (Fsp3) is 0.368. The van der Waals surface area contributed by atoms with Crippen LogP contribution in [-0.4, -0.2) is 6.61 Å². The minimum Gasteiger partial charge on any atom is -0.494 e. The Bertz CT molecular complexity index is 603. The van der Waals surface area contributed by atoms with E-state index >= 15 is 0 Å². The lowest BCUT2D eigenvalue weighted by molar-refractivity contribution is 0.340. The predicted octanol–water partition coefficient (Wildman–Crippen LogP) is 5.80. The largest absolute Gasteiger partial charge is 0.494 e. The number of ether oxygens (including phenoxy) is 1. The van der Waals surface area contributed by atoms with Crippen molar-refractivity contribution in [1.29, 1.82) is 0 Å². The van der Waals surface area contributed by atoms with E-state index in [0.717, 1.165) is 5.75 Å². The molecule has 0 bridgehead atoms. The molecule has 0 aliphatic carbocycles. The van der Waals surface area contributed by atoms with Gasteiger partial charge in [-0.2, -0.15) is 0 Å². The zero-order chi connectivity index (χ0) is 15.6. The smallest absolute Gasteiger partial charge is 0.119 e. The summed E-state index contributed by atoms with van der Waals surface area (Å²) in [6, 6.07) is 10.6. The normalized spacial score (nSPS) is 12.3. The van der Waals surface area contributed by atoms with Gasteiger partial charge in [0.1, 0.15) is 5.75 Å². The Kier molecular flexibility index (Phi) is 5.10. The number of aryl methyl sites for hydroxylation is 2. The standard InChI is InChI=1S/C19H23BrO/c1-6-21-17-9-7-16(8-10-17)19(20)18-14(4)12(2)11-13(3)15(18)5/h7-11,19H,6H2,1-5H3. The maximum Gasteiger partial charge on any atom is 0.119 e. The molecular weight excluding hydrogens is 324 g/mol.